The van der Waals surface area contributed by atoms with Gasteiger partial charge in [-0.05, 0) is 49.1 Å². The number of hydrogen-bond donors (Lipinski definition) is 2. The standard InChI is InChI=1S/C27H33FN6O3S/c1-20-7-8-21(15-23(20)29)16-31-38(36)33-13-11-32(12-14-33)24-17-30-34(22-5-3-2-4-6-22)26(35)25(24)37-19-27(18-28)9-10-27/h2-8,15,17,31H,9-14,16,18-19,29H2,1H3/t38-/m1/s1. The van der Waals surface area contributed by atoms with Crippen LogP contribution in [0.4, 0.5) is 15.8 Å². The highest BCUT2D eigenvalue weighted by Crippen LogP contribution is 2.46. The summed E-state index contributed by atoms with van der Waals surface area (Å²) >= 11 is -1.38. The first-order valence-corrected chi connectivity index (χ1v) is 13.9. The molecule has 5 rings (SSSR count). The van der Waals surface area contributed by atoms with E-state index in [-0.39, 0.29) is 17.9 Å². The highest BCUT2D eigenvalue weighted by molar-refractivity contribution is 7.87. The molecule has 0 spiro atoms. The van der Waals surface area contributed by atoms with E-state index in [1.54, 1.807) is 18.3 Å². The SMILES string of the molecule is Cc1ccc(CN[S@@+]([O-])N2CCN(c3cnn(-c4ccccc4)c(=O)c3OCC3(CF)CC3)CC2)cc1N. The van der Waals surface area contributed by atoms with Crippen molar-refractivity contribution in [1.29, 1.82) is 0 Å². The van der Waals surface area contributed by atoms with Crippen LogP contribution in [0.2, 0.25) is 0 Å². The molecule has 1 atom stereocenters. The third kappa shape index (κ3) is 5.80. The number of ether oxygens (including phenoxy) is 1. The second-order valence-electron chi connectivity index (χ2n) is 10.0. The van der Waals surface area contributed by atoms with Crippen LogP contribution in [0, 0.1) is 12.3 Å². The Morgan fingerprint density at radius 2 is 1.89 bits per heavy atom. The molecule has 0 amide bonds. The summed E-state index contributed by atoms with van der Waals surface area (Å²) in [5.74, 6) is 0.174. The third-order valence-electron chi connectivity index (χ3n) is 7.24. The van der Waals surface area contributed by atoms with Gasteiger partial charge in [-0.25, -0.2) is 0 Å². The zero-order chi connectivity index (χ0) is 26.7. The zero-order valence-corrected chi connectivity index (χ0v) is 22.3. The van der Waals surface area contributed by atoms with E-state index in [2.05, 4.69) is 9.82 Å². The number of hydrogen-bond acceptors (Lipinski definition) is 8. The summed E-state index contributed by atoms with van der Waals surface area (Å²) in [6.45, 7) is 4.18. The number of alkyl halides is 1. The highest BCUT2D eigenvalue weighted by Gasteiger charge is 2.44. The fourth-order valence-electron chi connectivity index (χ4n) is 4.39. The minimum absolute atomic E-state index is 0.155. The molecule has 1 aliphatic heterocycles. The molecule has 11 heteroatoms. The van der Waals surface area contributed by atoms with E-state index in [0.29, 0.717) is 49.8 Å². The number of rotatable bonds is 10. The molecule has 2 aliphatic rings. The van der Waals surface area contributed by atoms with Gasteiger partial charge in [0.05, 0.1) is 44.8 Å². The molecule has 0 bridgehead atoms. The Kier molecular flexibility index (Phi) is 7.89. The largest absolute Gasteiger partial charge is 0.579 e. The maximum Gasteiger partial charge on any atom is 0.316 e. The van der Waals surface area contributed by atoms with Crippen molar-refractivity contribution in [3.8, 4) is 11.4 Å². The summed E-state index contributed by atoms with van der Waals surface area (Å²) in [6.07, 6.45) is 3.14. The molecule has 2 fully saturated rings. The summed E-state index contributed by atoms with van der Waals surface area (Å²) in [5.41, 5.74) is 9.00. The van der Waals surface area contributed by atoms with Crippen molar-refractivity contribution in [2.45, 2.75) is 26.3 Å². The smallest absolute Gasteiger partial charge is 0.316 e. The summed E-state index contributed by atoms with van der Waals surface area (Å²) in [7, 11) is 0. The van der Waals surface area contributed by atoms with Gasteiger partial charge < -0.3 is 19.9 Å². The Balaban J connectivity index is 1.27. The monoisotopic (exact) mass is 540 g/mol. The van der Waals surface area contributed by atoms with Gasteiger partial charge in [-0.1, -0.05) is 30.3 Å². The van der Waals surface area contributed by atoms with Gasteiger partial charge in [-0.3, -0.25) is 9.18 Å². The first kappa shape index (κ1) is 26.5. The molecule has 1 aliphatic carbocycles. The van der Waals surface area contributed by atoms with Crippen molar-refractivity contribution in [2.75, 3.05) is 50.1 Å². The number of para-hydroxylation sites is 1. The number of halogens is 1. The molecule has 2 heterocycles. The molecule has 1 saturated carbocycles. The molecule has 0 radical (unpaired) electrons. The van der Waals surface area contributed by atoms with Crippen molar-refractivity contribution in [3.63, 3.8) is 0 Å². The van der Waals surface area contributed by atoms with E-state index >= 15 is 0 Å². The van der Waals surface area contributed by atoms with E-state index in [1.807, 2.05) is 52.5 Å². The second-order valence-corrected chi connectivity index (χ2v) is 11.3. The molecule has 1 saturated heterocycles. The molecule has 202 valence electrons. The van der Waals surface area contributed by atoms with Crippen molar-refractivity contribution >= 4 is 22.9 Å². The third-order valence-corrected chi connectivity index (χ3v) is 8.46. The van der Waals surface area contributed by atoms with Crippen LogP contribution in [0.25, 0.3) is 5.69 Å². The summed E-state index contributed by atoms with van der Waals surface area (Å²) in [5, 5.41) is 4.41. The van der Waals surface area contributed by atoms with Gasteiger partial charge in [0.15, 0.2) is 0 Å². The Labute approximate surface area is 224 Å². The average Bonchev–Trinajstić information content (AvgIpc) is 3.73. The molecule has 2 aromatic carbocycles. The van der Waals surface area contributed by atoms with Crippen molar-refractivity contribution in [3.05, 3.63) is 76.2 Å². The van der Waals surface area contributed by atoms with E-state index in [9.17, 15) is 13.7 Å². The maximum atomic E-state index is 13.5. The molecular formula is C27H33FN6O3S. The highest BCUT2D eigenvalue weighted by atomic mass is 32.2. The Morgan fingerprint density at radius 3 is 2.55 bits per heavy atom. The van der Waals surface area contributed by atoms with E-state index in [1.165, 1.54) is 4.68 Å². The lowest BCUT2D eigenvalue weighted by atomic mass is 10.1. The summed E-state index contributed by atoms with van der Waals surface area (Å²) < 4.78 is 38.7. The molecule has 9 nitrogen and oxygen atoms in total. The van der Waals surface area contributed by atoms with Gasteiger partial charge in [0.2, 0.25) is 5.75 Å². The van der Waals surface area contributed by atoms with Crippen LogP contribution < -0.4 is 25.7 Å². The van der Waals surface area contributed by atoms with Crippen LogP contribution in [0.15, 0.2) is 59.5 Å². The molecule has 0 unspecified atom stereocenters. The maximum absolute atomic E-state index is 13.5. The summed E-state index contributed by atoms with van der Waals surface area (Å²) in [4.78, 5) is 15.5. The number of nitrogens with one attached hydrogen (secondary N) is 1. The van der Waals surface area contributed by atoms with Crippen LogP contribution in [-0.2, 0) is 18.1 Å². The predicted molar refractivity (Wildman–Crippen MR) is 147 cm³/mol. The number of nitrogens with zero attached hydrogens (tertiary/aromatic N) is 4. The lowest BCUT2D eigenvalue weighted by molar-refractivity contribution is 0.197. The summed E-state index contributed by atoms with van der Waals surface area (Å²) in [6, 6.07) is 14.9. The van der Waals surface area contributed by atoms with Crippen LogP contribution in [0.3, 0.4) is 0 Å². The van der Waals surface area contributed by atoms with Gasteiger partial charge >= 0.3 is 5.56 Å². The second kappa shape index (κ2) is 11.3. The predicted octanol–water partition coefficient (Wildman–Crippen LogP) is 2.74. The van der Waals surface area contributed by atoms with Gasteiger partial charge in [0.1, 0.15) is 17.2 Å². The number of nitrogen functional groups attached to an aromatic ring is 1. The topological polar surface area (TPSA) is 112 Å². The molecule has 38 heavy (non-hydrogen) atoms. The fraction of sp³-hybridized carbons (Fsp3) is 0.407. The Bertz CT molecular complexity index is 1310. The lowest BCUT2D eigenvalue weighted by Gasteiger charge is -2.35. The minimum Gasteiger partial charge on any atom is -0.579 e. The van der Waals surface area contributed by atoms with Gasteiger partial charge in [0.25, 0.3) is 0 Å². The van der Waals surface area contributed by atoms with Crippen molar-refractivity contribution in [2.24, 2.45) is 5.41 Å². The Hall–Kier alpha value is -3.12. The first-order chi connectivity index (χ1) is 18.4. The van der Waals surface area contributed by atoms with Crippen molar-refractivity contribution < 1.29 is 13.7 Å². The van der Waals surface area contributed by atoms with Crippen molar-refractivity contribution in [1.82, 2.24) is 18.8 Å². The number of anilines is 2. The minimum atomic E-state index is -1.38. The first-order valence-electron chi connectivity index (χ1n) is 12.8. The zero-order valence-electron chi connectivity index (χ0n) is 21.4. The number of aromatic nitrogens is 2. The normalized spacial score (nSPS) is 17.8. The van der Waals surface area contributed by atoms with E-state index < -0.39 is 23.6 Å². The average molecular weight is 541 g/mol. The molecule has 3 N–H and O–H groups in total. The number of aryl methyl sites for hydroxylation is 1. The molecular weight excluding hydrogens is 507 g/mol. The Morgan fingerprint density at radius 1 is 1.16 bits per heavy atom. The van der Waals surface area contributed by atoms with Gasteiger partial charge in [-0.2, -0.15) is 9.78 Å². The van der Waals surface area contributed by atoms with Crippen LogP contribution >= 0.6 is 0 Å². The van der Waals surface area contributed by atoms with E-state index in [4.69, 9.17) is 10.5 Å². The number of benzene rings is 2. The molecule has 1 aromatic heterocycles. The lowest BCUT2D eigenvalue weighted by Crippen LogP contribution is -2.52. The van der Waals surface area contributed by atoms with Crippen LogP contribution in [0.5, 0.6) is 5.75 Å². The molecule has 3 aromatic rings. The van der Waals surface area contributed by atoms with Crippen LogP contribution in [0.1, 0.15) is 24.0 Å². The van der Waals surface area contributed by atoms with E-state index in [0.717, 1.165) is 24.0 Å². The van der Waals surface area contributed by atoms with Gasteiger partial charge in [0, 0.05) is 24.2 Å². The quantitative estimate of drug-likeness (QED) is 0.298. The fourth-order valence-corrected chi connectivity index (χ4v) is 5.36. The van der Waals surface area contributed by atoms with Gasteiger partial charge in [-0.15, -0.1) is 9.03 Å². The number of nitrogens with two attached hydrogens (primary N) is 1. The number of piperazine rings is 1. The van der Waals surface area contributed by atoms with Crippen LogP contribution in [-0.4, -0.2) is 58.1 Å².